The van der Waals surface area contributed by atoms with Gasteiger partial charge in [-0.3, -0.25) is 4.79 Å². The second-order valence-electron chi connectivity index (χ2n) is 5.22. The molecule has 0 unspecified atom stereocenters. The number of esters is 1. The Labute approximate surface area is 126 Å². The van der Waals surface area contributed by atoms with Gasteiger partial charge in [-0.2, -0.15) is 0 Å². The third-order valence-electron chi connectivity index (χ3n) is 3.73. The van der Waals surface area contributed by atoms with Crippen LogP contribution < -0.4 is 0 Å². The molecule has 1 aromatic heterocycles. The molecule has 0 aliphatic rings. The van der Waals surface area contributed by atoms with Crippen molar-refractivity contribution in [3.8, 4) is 0 Å². The fraction of sp³-hybridized carbons (Fsp3) is 0.688. The van der Waals surface area contributed by atoms with Crippen molar-refractivity contribution in [2.24, 2.45) is 5.92 Å². The van der Waals surface area contributed by atoms with Crippen LogP contribution in [-0.4, -0.2) is 36.6 Å². The minimum Gasteiger partial charge on any atom is -0.462 e. The van der Waals surface area contributed by atoms with Crippen LogP contribution >= 0.6 is 11.3 Å². The van der Waals surface area contributed by atoms with E-state index in [1.54, 1.807) is 11.3 Å². The molecule has 0 radical (unpaired) electrons. The van der Waals surface area contributed by atoms with Gasteiger partial charge in [0.2, 0.25) is 0 Å². The molecule has 0 aromatic carbocycles. The monoisotopic (exact) mass is 297 g/mol. The lowest BCUT2D eigenvalue weighted by Crippen LogP contribution is -2.31. The molecule has 4 heteroatoms. The highest BCUT2D eigenvalue weighted by Gasteiger charge is 2.21. The summed E-state index contributed by atoms with van der Waals surface area (Å²) in [6.45, 7) is 11.3. The van der Waals surface area contributed by atoms with Crippen molar-refractivity contribution in [1.29, 1.82) is 0 Å². The zero-order valence-corrected chi connectivity index (χ0v) is 13.9. The van der Waals surface area contributed by atoms with Gasteiger partial charge >= 0.3 is 5.97 Å². The first-order valence-electron chi connectivity index (χ1n) is 7.48. The summed E-state index contributed by atoms with van der Waals surface area (Å²) in [6, 6.07) is 4.16. The third-order valence-corrected chi connectivity index (χ3v) is 4.63. The number of ether oxygens (including phenoxy) is 1. The average molecular weight is 297 g/mol. The van der Waals surface area contributed by atoms with Crippen LogP contribution in [0.3, 0.4) is 0 Å². The van der Waals surface area contributed by atoms with Gasteiger partial charge in [0.15, 0.2) is 0 Å². The second-order valence-corrected chi connectivity index (χ2v) is 6.26. The first-order chi connectivity index (χ1) is 9.56. The fourth-order valence-electron chi connectivity index (χ4n) is 2.31. The molecule has 0 saturated carbocycles. The summed E-state index contributed by atoms with van der Waals surface area (Å²) in [6.07, 6.45) is 1.88. The maximum atomic E-state index is 11.3. The van der Waals surface area contributed by atoms with Gasteiger partial charge in [-0.15, -0.1) is 11.3 Å². The minimum atomic E-state index is -0.179. The molecule has 3 nitrogen and oxygen atoms in total. The predicted molar refractivity (Wildman–Crippen MR) is 85.1 cm³/mol. The van der Waals surface area contributed by atoms with E-state index in [1.807, 2.05) is 6.07 Å². The number of hydrogen-bond donors (Lipinski definition) is 0. The van der Waals surface area contributed by atoms with Crippen LogP contribution in [0.25, 0.3) is 0 Å². The number of thiophene rings is 1. The zero-order chi connectivity index (χ0) is 15.0. The molecule has 0 bridgehead atoms. The largest absolute Gasteiger partial charge is 0.462 e. The van der Waals surface area contributed by atoms with E-state index < -0.39 is 0 Å². The lowest BCUT2D eigenvalue weighted by atomic mass is 9.97. The zero-order valence-electron chi connectivity index (χ0n) is 13.1. The van der Waals surface area contributed by atoms with E-state index in [-0.39, 0.29) is 12.1 Å². The Kier molecular flexibility index (Phi) is 7.85. The van der Waals surface area contributed by atoms with E-state index in [0.717, 1.165) is 32.5 Å². The molecule has 0 amide bonds. The van der Waals surface area contributed by atoms with Crippen LogP contribution in [0.15, 0.2) is 17.5 Å². The van der Waals surface area contributed by atoms with Crippen molar-refractivity contribution in [2.45, 2.75) is 46.6 Å². The molecule has 0 fully saturated rings. The first kappa shape index (κ1) is 17.2. The molecule has 0 aliphatic heterocycles. The average Bonchev–Trinajstić information content (AvgIpc) is 2.91. The molecule has 1 rings (SSSR count). The van der Waals surface area contributed by atoms with Crippen molar-refractivity contribution in [3.63, 3.8) is 0 Å². The summed E-state index contributed by atoms with van der Waals surface area (Å²) < 4.78 is 5.53. The Morgan fingerprint density at radius 1 is 1.40 bits per heavy atom. The Hall–Kier alpha value is -0.870. The lowest BCUT2D eigenvalue weighted by molar-refractivity contribution is -0.148. The van der Waals surface area contributed by atoms with Gasteiger partial charge in [0.05, 0.1) is 0 Å². The number of nitrogens with zero attached hydrogens (tertiary/aromatic N) is 1. The quantitative estimate of drug-likeness (QED) is 0.652. The van der Waals surface area contributed by atoms with E-state index in [0.29, 0.717) is 5.92 Å². The van der Waals surface area contributed by atoms with E-state index in [9.17, 15) is 4.79 Å². The molecule has 20 heavy (non-hydrogen) atoms. The van der Waals surface area contributed by atoms with Crippen LogP contribution in [0.1, 0.15) is 39.0 Å². The topological polar surface area (TPSA) is 29.5 Å². The minimum absolute atomic E-state index is 0.0123. The number of carbonyl (C=O) groups excluding carboxylic acids is 1. The Bertz CT molecular complexity index is 374. The third kappa shape index (κ3) is 6.06. The summed E-state index contributed by atoms with van der Waals surface area (Å²) in [7, 11) is 0. The molecule has 0 spiro atoms. The van der Waals surface area contributed by atoms with Gasteiger partial charge in [0.25, 0.3) is 0 Å². The maximum absolute atomic E-state index is 11.3. The highest BCUT2D eigenvalue weighted by Crippen LogP contribution is 2.20. The molecular weight excluding hydrogens is 270 g/mol. The molecule has 0 aliphatic carbocycles. The van der Waals surface area contributed by atoms with Crippen LogP contribution in [-0.2, 0) is 16.0 Å². The van der Waals surface area contributed by atoms with Crippen molar-refractivity contribution in [1.82, 2.24) is 4.90 Å². The van der Waals surface area contributed by atoms with E-state index in [2.05, 4.69) is 37.1 Å². The van der Waals surface area contributed by atoms with Gasteiger partial charge < -0.3 is 9.64 Å². The van der Waals surface area contributed by atoms with E-state index >= 15 is 0 Å². The SMILES string of the molecule is CCN(CC)CC[C@H](C)[C@H](Cc1cccs1)OC(C)=O. The Morgan fingerprint density at radius 2 is 2.10 bits per heavy atom. The van der Waals surface area contributed by atoms with Crippen LogP contribution in [0.4, 0.5) is 0 Å². The first-order valence-corrected chi connectivity index (χ1v) is 8.36. The Morgan fingerprint density at radius 3 is 2.60 bits per heavy atom. The van der Waals surface area contributed by atoms with Gasteiger partial charge in [-0.05, 0) is 43.4 Å². The highest BCUT2D eigenvalue weighted by molar-refractivity contribution is 7.09. The van der Waals surface area contributed by atoms with Crippen molar-refractivity contribution in [2.75, 3.05) is 19.6 Å². The van der Waals surface area contributed by atoms with E-state index in [4.69, 9.17) is 4.74 Å². The van der Waals surface area contributed by atoms with Gasteiger partial charge in [-0.25, -0.2) is 0 Å². The number of hydrogen-bond acceptors (Lipinski definition) is 4. The molecule has 0 N–H and O–H groups in total. The summed E-state index contributed by atoms with van der Waals surface area (Å²) >= 11 is 1.73. The van der Waals surface area contributed by atoms with Crippen molar-refractivity contribution >= 4 is 17.3 Å². The van der Waals surface area contributed by atoms with E-state index in [1.165, 1.54) is 11.8 Å². The van der Waals surface area contributed by atoms with Crippen LogP contribution in [0.5, 0.6) is 0 Å². The van der Waals surface area contributed by atoms with Crippen LogP contribution in [0.2, 0.25) is 0 Å². The molecular formula is C16H27NO2S. The molecule has 2 atom stereocenters. The standard InChI is InChI=1S/C16H27NO2S/c1-5-17(6-2)10-9-13(3)16(19-14(4)18)12-15-8-7-11-20-15/h7-8,11,13,16H,5-6,9-10,12H2,1-4H3/t13-,16-/m0/s1. The number of carbonyl (C=O) groups is 1. The van der Waals surface area contributed by atoms with Crippen molar-refractivity contribution in [3.05, 3.63) is 22.4 Å². The molecule has 1 aromatic rings. The van der Waals surface area contributed by atoms with Gasteiger partial charge in [-0.1, -0.05) is 26.8 Å². The smallest absolute Gasteiger partial charge is 0.302 e. The Balaban J connectivity index is 2.55. The molecule has 0 saturated heterocycles. The number of rotatable bonds is 9. The van der Waals surface area contributed by atoms with Gasteiger partial charge in [0, 0.05) is 18.2 Å². The fourth-order valence-corrected chi connectivity index (χ4v) is 3.06. The summed E-state index contributed by atoms with van der Waals surface area (Å²) in [5, 5.41) is 2.07. The van der Waals surface area contributed by atoms with Crippen molar-refractivity contribution < 1.29 is 9.53 Å². The molecule has 114 valence electrons. The maximum Gasteiger partial charge on any atom is 0.302 e. The summed E-state index contributed by atoms with van der Waals surface area (Å²) in [4.78, 5) is 15.0. The summed E-state index contributed by atoms with van der Waals surface area (Å²) in [5.74, 6) is 0.197. The second kappa shape index (κ2) is 9.14. The predicted octanol–water partition coefficient (Wildman–Crippen LogP) is 3.59. The van der Waals surface area contributed by atoms with Gasteiger partial charge in [0.1, 0.15) is 6.10 Å². The summed E-state index contributed by atoms with van der Waals surface area (Å²) in [5.41, 5.74) is 0. The molecule has 1 heterocycles. The lowest BCUT2D eigenvalue weighted by Gasteiger charge is -2.26. The normalized spacial score (nSPS) is 14.2. The van der Waals surface area contributed by atoms with Crippen LogP contribution in [0, 0.1) is 5.92 Å². The highest BCUT2D eigenvalue weighted by atomic mass is 32.1.